The van der Waals surface area contributed by atoms with E-state index in [1.807, 2.05) is 24.3 Å². The Hall–Kier alpha value is -1.79. The molecular formula is C13H12ClN5S. The van der Waals surface area contributed by atoms with Gasteiger partial charge in [0, 0.05) is 17.8 Å². The van der Waals surface area contributed by atoms with Gasteiger partial charge in [-0.15, -0.1) is 0 Å². The smallest absolute Gasteiger partial charge is 0.224 e. The van der Waals surface area contributed by atoms with Crippen LogP contribution in [0.1, 0.15) is 5.56 Å². The van der Waals surface area contributed by atoms with Gasteiger partial charge in [-0.1, -0.05) is 41.6 Å². The summed E-state index contributed by atoms with van der Waals surface area (Å²) in [6.45, 7) is 0. The molecule has 0 amide bonds. The average molecular weight is 306 g/mol. The summed E-state index contributed by atoms with van der Waals surface area (Å²) in [4.78, 5) is 11.6. The summed E-state index contributed by atoms with van der Waals surface area (Å²) in [6.07, 6.45) is 1.62. The summed E-state index contributed by atoms with van der Waals surface area (Å²) in [5.74, 6) is 0.702. The summed E-state index contributed by atoms with van der Waals surface area (Å²) < 4.78 is 1.64. The molecule has 3 aromatic rings. The van der Waals surface area contributed by atoms with Crippen molar-refractivity contribution in [3.63, 3.8) is 0 Å². The van der Waals surface area contributed by atoms with Gasteiger partial charge in [-0.3, -0.25) is 9.98 Å². The van der Waals surface area contributed by atoms with Crippen LogP contribution < -0.4 is 5.62 Å². The summed E-state index contributed by atoms with van der Waals surface area (Å²) in [5.41, 5.74) is 2.81. The first-order valence-electron chi connectivity index (χ1n) is 5.97. The Bertz CT molecular complexity index is 823. The van der Waals surface area contributed by atoms with Gasteiger partial charge in [0.25, 0.3) is 0 Å². The molecular weight excluding hydrogens is 294 g/mol. The molecule has 7 heteroatoms. The predicted molar refractivity (Wildman–Crippen MR) is 79.7 cm³/mol. The molecule has 0 aliphatic rings. The fourth-order valence-corrected chi connectivity index (χ4v) is 3.16. The fraction of sp³-hybridized carbons (Fsp3) is 0.154. The summed E-state index contributed by atoms with van der Waals surface area (Å²) in [5, 5.41) is 9.37. The number of thioether (sulfide) groups is 1. The van der Waals surface area contributed by atoms with Gasteiger partial charge in [0.05, 0.1) is 6.33 Å². The lowest BCUT2D eigenvalue weighted by molar-refractivity contribution is 0.766. The van der Waals surface area contributed by atoms with E-state index in [4.69, 9.17) is 17.0 Å². The molecule has 0 aliphatic heterocycles. The molecule has 102 valence electrons. The number of aromatic nitrogens is 4. The molecule has 0 aliphatic carbocycles. The highest BCUT2D eigenvalue weighted by atomic mass is 35.5. The number of imidazole rings is 1. The Balaban J connectivity index is 1.96. The van der Waals surface area contributed by atoms with Crippen LogP contribution in [0.15, 0.2) is 35.6 Å². The van der Waals surface area contributed by atoms with Crippen molar-refractivity contribution in [1.82, 2.24) is 19.5 Å². The quantitative estimate of drug-likeness (QED) is 0.577. The monoisotopic (exact) mass is 305 g/mol. The lowest BCUT2D eigenvalue weighted by Gasteiger charge is -2.06. The van der Waals surface area contributed by atoms with Crippen molar-refractivity contribution in [3.8, 4) is 0 Å². The topological polar surface area (TPSA) is 70.3 Å². The first-order chi connectivity index (χ1) is 9.66. The summed E-state index contributed by atoms with van der Waals surface area (Å²) in [7, 11) is 1.78. The molecule has 0 saturated carbocycles. The normalized spacial score (nSPS) is 11.1. The van der Waals surface area contributed by atoms with Crippen LogP contribution in [-0.4, -0.2) is 19.5 Å². The van der Waals surface area contributed by atoms with Gasteiger partial charge in [-0.2, -0.15) is 0 Å². The third-order valence-electron chi connectivity index (χ3n) is 3.00. The Morgan fingerprint density at radius 3 is 3.00 bits per heavy atom. The van der Waals surface area contributed by atoms with E-state index in [1.165, 1.54) is 0 Å². The Morgan fingerprint density at radius 1 is 1.40 bits per heavy atom. The van der Waals surface area contributed by atoms with Crippen LogP contribution >= 0.6 is 23.4 Å². The third kappa shape index (κ3) is 2.32. The van der Waals surface area contributed by atoms with Crippen molar-refractivity contribution in [2.45, 2.75) is 10.8 Å². The second kappa shape index (κ2) is 5.30. The van der Waals surface area contributed by atoms with E-state index in [0.29, 0.717) is 5.75 Å². The molecule has 5 nitrogen and oxygen atoms in total. The highest BCUT2D eigenvalue weighted by Crippen LogP contribution is 2.28. The molecule has 0 unspecified atom stereocenters. The largest absolute Gasteiger partial charge is 0.341 e. The maximum atomic E-state index is 7.87. The first-order valence-corrected chi connectivity index (χ1v) is 7.34. The fourth-order valence-electron chi connectivity index (χ4n) is 1.89. The lowest BCUT2D eigenvalue weighted by atomic mass is 10.2. The van der Waals surface area contributed by atoms with Gasteiger partial charge in [0.1, 0.15) is 10.5 Å². The van der Waals surface area contributed by atoms with Crippen LogP contribution in [-0.2, 0) is 12.8 Å². The zero-order valence-corrected chi connectivity index (χ0v) is 12.3. The highest BCUT2D eigenvalue weighted by Gasteiger charge is 2.10. The molecule has 2 N–H and O–H groups in total. The Kier molecular flexibility index (Phi) is 3.50. The second-order valence-electron chi connectivity index (χ2n) is 4.28. The van der Waals surface area contributed by atoms with Crippen molar-refractivity contribution < 1.29 is 0 Å². The minimum absolute atomic E-state index is 0.186. The van der Waals surface area contributed by atoms with Crippen molar-refractivity contribution in [2.75, 3.05) is 0 Å². The molecule has 3 rings (SSSR count). The van der Waals surface area contributed by atoms with Crippen LogP contribution in [0, 0.1) is 5.41 Å². The van der Waals surface area contributed by atoms with Crippen LogP contribution in [0.5, 0.6) is 0 Å². The molecule has 0 spiro atoms. The number of hydrogen-bond acceptors (Lipinski definition) is 4. The number of nitrogens with zero attached hydrogens (tertiary/aromatic N) is 3. The van der Waals surface area contributed by atoms with E-state index >= 15 is 0 Å². The van der Waals surface area contributed by atoms with Crippen LogP contribution in [0.3, 0.4) is 0 Å². The standard InChI is InChI=1S/C13H12ClN5S/c1-19-11-10(16-7-17-11)12(18-13(19)15)20-6-8-4-2-3-5-9(8)14/h2-5,7,15H,6H2,1H3,(H,16,17). The van der Waals surface area contributed by atoms with E-state index in [1.54, 1.807) is 29.7 Å². The Morgan fingerprint density at radius 2 is 2.20 bits per heavy atom. The Labute approximate surface area is 124 Å². The van der Waals surface area contributed by atoms with Gasteiger partial charge in [-0.25, -0.2) is 9.97 Å². The number of halogens is 1. The zero-order valence-electron chi connectivity index (χ0n) is 10.7. The van der Waals surface area contributed by atoms with E-state index in [9.17, 15) is 0 Å². The number of hydrogen-bond donors (Lipinski definition) is 2. The molecule has 2 aromatic heterocycles. The molecule has 1 aromatic carbocycles. The second-order valence-corrected chi connectivity index (χ2v) is 5.65. The molecule has 0 radical (unpaired) electrons. The number of aromatic amines is 1. The lowest BCUT2D eigenvalue weighted by Crippen LogP contribution is -2.21. The van der Waals surface area contributed by atoms with Crippen molar-refractivity contribution in [2.24, 2.45) is 7.05 Å². The van der Waals surface area contributed by atoms with Gasteiger partial charge in [0.15, 0.2) is 5.65 Å². The zero-order chi connectivity index (χ0) is 14.1. The van der Waals surface area contributed by atoms with Crippen LogP contribution in [0.2, 0.25) is 5.02 Å². The molecule has 0 saturated heterocycles. The minimum Gasteiger partial charge on any atom is -0.341 e. The van der Waals surface area contributed by atoms with Gasteiger partial charge in [-0.05, 0) is 11.6 Å². The maximum Gasteiger partial charge on any atom is 0.224 e. The van der Waals surface area contributed by atoms with Crippen LogP contribution in [0.25, 0.3) is 11.2 Å². The molecule has 2 heterocycles. The number of rotatable bonds is 3. The van der Waals surface area contributed by atoms with Gasteiger partial charge in [0.2, 0.25) is 5.62 Å². The SMILES string of the molecule is Cn1c(=N)nc(SCc2ccccc2Cl)c2[nH]cnc21. The summed E-state index contributed by atoms with van der Waals surface area (Å²) >= 11 is 7.69. The first kappa shape index (κ1) is 13.2. The van der Waals surface area contributed by atoms with E-state index in [-0.39, 0.29) is 5.62 Å². The number of fused-ring (bicyclic) bond motifs is 1. The average Bonchev–Trinajstić information content (AvgIpc) is 2.92. The van der Waals surface area contributed by atoms with Crippen LogP contribution in [0.4, 0.5) is 0 Å². The molecule has 0 fully saturated rings. The molecule has 0 atom stereocenters. The number of benzene rings is 1. The third-order valence-corrected chi connectivity index (χ3v) is 4.39. The highest BCUT2D eigenvalue weighted by molar-refractivity contribution is 7.98. The maximum absolute atomic E-state index is 7.87. The van der Waals surface area contributed by atoms with Gasteiger partial charge < -0.3 is 4.98 Å². The van der Waals surface area contributed by atoms with Crippen molar-refractivity contribution in [3.05, 3.63) is 46.8 Å². The number of aryl methyl sites for hydroxylation is 1. The predicted octanol–water partition coefficient (Wildman–Crippen LogP) is 2.72. The van der Waals surface area contributed by atoms with E-state index in [2.05, 4.69) is 15.0 Å². The summed E-state index contributed by atoms with van der Waals surface area (Å²) in [6, 6.07) is 7.73. The molecule has 20 heavy (non-hydrogen) atoms. The van der Waals surface area contributed by atoms with E-state index in [0.717, 1.165) is 26.8 Å². The number of H-pyrrole nitrogens is 1. The van der Waals surface area contributed by atoms with E-state index < -0.39 is 0 Å². The van der Waals surface area contributed by atoms with Crippen molar-refractivity contribution >= 4 is 34.5 Å². The number of nitrogens with one attached hydrogen (secondary N) is 2. The molecule has 0 bridgehead atoms. The van der Waals surface area contributed by atoms with Crippen molar-refractivity contribution in [1.29, 1.82) is 5.41 Å². The van der Waals surface area contributed by atoms with Gasteiger partial charge >= 0.3 is 0 Å². The minimum atomic E-state index is 0.186.